The second-order valence-electron chi connectivity index (χ2n) is 9.21. The third kappa shape index (κ3) is 6.61. The minimum absolute atomic E-state index is 0.0642. The van der Waals surface area contributed by atoms with Crippen LogP contribution in [0.5, 0.6) is 0 Å². The van der Waals surface area contributed by atoms with Crippen LogP contribution in [-0.4, -0.2) is 62.6 Å². The molecule has 1 amide bonds. The maximum absolute atomic E-state index is 12.3. The molecule has 1 N–H and O–H groups in total. The van der Waals surface area contributed by atoms with E-state index >= 15 is 0 Å². The van der Waals surface area contributed by atoms with Gasteiger partial charge in [-0.15, -0.1) is 5.10 Å². The molecule has 2 aromatic heterocycles. The van der Waals surface area contributed by atoms with E-state index in [1.54, 1.807) is 25.2 Å². The Hall–Kier alpha value is -3.90. The van der Waals surface area contributed by atoms with Crippen LogP contribution in [0.2, 0.25) is 0 Å². The van der Waals surface area contributed by atoms with Gasteiger partial charge in [-0.25, -0.2) is 14.5 Å². The van der Waals surface area contributed by atoms with Gasteiger partial charge in [0.1, 0.15) is 12.4 Å². The summed E-state index contributed by atoms with van der Waals surface area (Å²) in [5, 5.41) is 18.5. The van der Waals surface area contributed by atoms with E-state index in [9.17, 15) is 4.79 Å². The Morgan fingerprint density at radius 2 is 1.86 bits per heavy atom. The lowest BCUT2D eigenvalue weighted by molar-refractivity contribution is -0.286. The number of anilines is 1. The molecule has 1 fully saturated rings. The van der Waals surface area contributed by atoms with Crippen molar-refractivity contribution in [3.8, 4) is 0 Å². The van der Waals surface area contributed by atoms with Gasteiger partial charge in [-0.1, -0.05) is 48.5 Å². The van der Waals surface area contributed by atoms with Crippen LogP contribution in [0.4, 0.5) is 10.6 Å². The minimum atomic E-state index is -0.634. The Morgan fingerprint density at radius 3 is 2.56 bits per heavy atom. The number of oxime groups is 1. The topological polar surface area (TPSA) is 135 Å². The quantitative estimate of drug-likeness (QED) is 0.370. The second kappa shape index (κ2) is 10.8. The molecule has 4 rings (SSSR count). The maximum atomic E-state index is 12.3. The molecule has 1 aliphatic heterocycles. The third-order valence-corrected chi connectivity index (χ3v) is 5.37. The standard InChI is InChI=1S/C24H29N7O5/c1-23(2)34-15-24(3,16-35-23)14-33-22(32)26-19-12-8-11-18(25-19)13-36-28-20(17-9-6-5-7-10-17)21-27-29-30-31(21)4/h5-12H,13-16H2,1-4H3,(H,25,26,32). The number of amides is 1. The number of carbonyl (C=O) groups is 1. The number of benzene rings is 1. The van der Waals surface area contributed by atoms with Crippen LogP contribution < -0.4 is 5.32 Å². The van der Waals surface area contributed by atoms with E-state index in [1.165, 1.54) is 4.68 Å². The summed E-state index contributed by atoms with van der Waals surface area (Å²) in [5.74, 6) is 0.150. The molecule has 0 unspecified atom stereocenters. The largest absolute Gasteiger partial charge is 0.449 e. The summed E-state index contributed by atoms with van der Waals surface area (Å²) in [6.45, 7) is 6.70. The molecule has 0 saturated carbocycles. The lowest BCUT2D eigenvalue weighted by Crippen LogP contribution is -2.47. The van der Waals surface area contributed by atoms with Crippen molar-refractivity contribution in [1.82, 2.24) is 25.2 Å². The number of hydrogen-bond acceptors (Lipinski definition) is 10. The van der Waals surface area contributed by atoms with Crippen LogP contribution in [0.25, 0.3) is 0 Å². The van der Waals surface area contributed by atoms with Crippen molar-refractivity contribution in [2.45, 2.75) is 33.2 Å². The summed E-state index contributed by atoms with van der Waals surface area (Å²) in [7, 11) is 1.72. The fourth-order valence-electron chi connectivity index (χ4n) is 3.28. The van der Waals surface area contributed by atoms with Gasteiger partial charge in [0.05, 0.1) is 18.9 Å². The van der Waals surface area contributed by atoms with Crippen LogP contribution >= 0.6 is 0 Å². The third-order valence-electron chi connectivity index (χ3n) is 5.37. The summed E-state index contributed by atoms with van der Waals surface area (Å²) < 4.78 is 18.3. The first-order chi connectivity index (χ1) is 17.2. The van der Waals surface area contributed by atoms with Crippen LogP contribution in [0, 0.1) is 5.41 Å². The molecule has 36 heavy (non-hydrogen) atoms. The number of carbonyl (C=O) groups excluding carboxylic acids is 1. The first-order valence-corrected chi connectivity index (χ1v) is 11.4. The average Bonchev–Trinajstić information content (AvgIpc) is 3.29. The number of hydrogen-bond donors (Lipinski definition) is 1. The number of nitrogens with zero attached hydrogens (tertiary/aromatic N) is 6. The van der Waals surface area contributed by atoms with Crippen molar-refractivity contribution in [3.05, 3.63) is 65.6 Å². The molecule has 0 radical (unpaired) electrons. The molecule has 190 valence electrons. The van der Waals surface area contributed by atoms with E-state index < -0.39 is 17.3 Å². The van der Waals surface area contributed by atoms with Gasteiger partial charge in [-0.2, -0.15) is 0 Å². The average molecular weight is 496 g/mol. The number of aryl methyl sites for hydroxylation is 1. The van der Waals surface area contributed by atoms with E-state index in [1.807, 2.05) is 51.1 Å². The van der Waals surface area contributed by atoms with Crippen molar-refractivity contribution in [2.24, 2.45) is 17.6 Å². The predicted molar refractivity (Wildman–Crippen MR) is 129 cm³/mol. The monoisotopic (exact) mass is 495 g/mol. The van der Waals surface area contributed by atoms with Gasteiger partial charge >= 0.3 is 6.09 Å². The zero-order valence-electron chi connectivity index (χ0n) is 20.7. The molecule has 1 aliphatic rings. The van der Waals surface area contributed by atoms with E-state index in [0.29, 0.717) is 36.3 Å². The molecule has 0 aliphatic carbocycles. The van der Waals surface area contributed by atoms with Gasteiger partial charge in [-0.05, 0) is 36.4 Å². The number of tetrazole rings is 1. The molecular formula is C24H29N7O5. The fraction of sp³-hybridized carbons (Fsp3) is 0.417. The second-order valence-corrected chi connectivity index (χ2v) is 9.21. The van der Waals surface area contributed by atoms with Crippen molar-refractivity contribution in [1.29, 1.82) is 0 Å². The van der Waals surface area contributed by atoms with Crippen LogP contribution in [0.1, 0.15) is 37.9 Å². The SMILES string of the molecule is Cn1nnnc1C(=NOCc1cccc(NC(=O)OCC2(C)COC(C)(C)OC2)n1)c1ccccc1. The summed E-state index contributed by atoms with van der Waals surface area (Å²) in [5.41, 5.74) is 1.41. The highest BCUT2D eigenvalue weighted by molar-refractivity contribution is 6.10. The lowest BCUT2D eigenvalue weighted by Gasteiger charge is -2.40. The van der Waals surface area contributed by atoms with Crippen molar-refractivity contribution in [3.63, 3.8) is 0 Å². The molecule has 0 atom stereocenters. The highest BCUT2D eigenvalue weighted by Crippen LogP contribution is 2.29. The Kier molecular flexibility index (Phi) is 7.55. The van der Waals surface area contributed by atoms with E-state index in [4.69, 9.17) is 19.0 Å². The van der Waals surface area contributed by atoms with Crippen molar-refractivity contribution < 1.29 is 23.8 Å². The molecule has 0 spiro atoms. The first-order valence-electron chi connectivity index (χ1n) is 11.4. The number of nitrogens with one attached hydrogen (secondary N) is 1. The molecule has 0 bridgehead atoms. The fourth-order valence-corrected chi connectivity index (χ4v) is 3.28. The van der Waals surface area contributed by atoms with Gasteiger partial charge in [-0.3, -0.25) is 5.32 Å². The Bertz CT molecular complexity index is 1200. The number of aromatic nitrogens is 5. The molecular weight excluding hydrogens is 466 g/mol. The smallest absolute Gasteiger partial charge is 0.412 e. The molecule has 3 heterocycles. The Labute approximate surface area is 208 Å². The van der Waals surface area contributed by atoms with Gasteiger partial charge < -0.3 is 19.0 Å². The lowest BCUT2D eigenvalue weighted by atomic mass is 9.93. The molecule has 12 nitrogen and oxygen atoms in total. The van der Waals surface area contributed by atoms with Crippen molar-refractivity contribution >= 4 is 17.6 Å². The van der Waals surface area contributed by atoms with Crippen LogP contribution in [0.3, 0.4) is 0 Å². The highest BCUT2D eigenvalue weighted by atomic mass is 16.7. The minimum Gasteiger partial charge on any atom is -0.449 e. The van der Waals surface area contributed by atoms with E-state index in [-0.39, 0.29) is 13.2 Å². The van der Waals surface area contributed by atoms with Gasteiger partial charge in [0, 0.05) is 18.0 Å². The molecule has 1 aromatic carbocycles. The van der Waals surface area contributed by atoms with Crippen molar-refractivity contribution in [2.75, 3.05) is 25.1 Å². The number of ether oxygens (including phenoxy) is 3. The highest BCUT2D eigenvalue weighted by Gasteiger charge is 2.37. The predicted octanol–water partition coefficient (Wildman–Crippen LogP) is 2.91. The zero-order valence-corrected chi connectivity index (χ0v) is 20.7. The number of rotatable bonds is 8. The summed E-state index contributed by atoms with van der Waals surface area (Å²) in [6.07, 6.45) is -0.620. The summed E-state index contributed by atoms with van der Waals surface area (Å²) in [6, 6.07) is 14.6. The molecule has 1 saturated heterocycles. The van der Waals surface area contributed by atoms with Gasteiger partial charge in [0.25, 0.3) is 0 Å². The summed E-state index contributed by atoms with van der Waals surface area (Å²) in [4.78, 5) is 22.3. The van der Waals surface area contributed by atoms with E-state index in [0.717, 1.165) is 5.56 Å². The Balaban J connectivity index is 1.34. The first kappa shape index (κ1) is 25.2. The maximum Gasteiger partial charge on any atom is 0.412 e. The molecule has 3 aromatic rings. The summed E-state index contributed by atoms with van der Waals surface area (Å²) >= 11 is 0. The van der Waals surface area contributed by atoms with Crippen LogP contribution in [-0.2, 0) is 32.7 Å². The van der Waals surface area contributed by atoms with Gasteiger partial charge in [0.2, 0.25) is 5.82 Å². The molecule has 12 heteroatoms. The zero-order chi connectivity index (χ0) is 25.6. The van der Waals surface area contributed by atoms with E-state index in [2.05, 4.69) is 31.0 Å². The van der Waals surface area contributed by atoms with Crippen LogP contribution in [0.15, 0.2) is 53.7 Å². The Morgan fingerprint density at radius 1 is 1.11 bits per heavy atom. The normalized spacial score (nSPS) is 16.8. The number of pyridine rings is 1. The van der Waals surface area contributed by atoms with Gasteiger partial charge in [0.15, 0.2) is 18.1 Å².